The second-order valence-corrected chi connectivity index (χ2v) is 9.87. The number of benzene rings is 1. The predicted molar refractivity (Wildman–Crippen MR) is 132 cm³/mol. The highest BCUT2D eigenvalue weighted by atomic mass is 19.4. The van der Waals surface area contributed by atoms with Crippen molar-refractivity contribution in [1.82, 2.24) is 5.32 Å². The van der Waals surface area contributed by atoms with Gasteiger partial charge in [-0.1, -0.05) is 51.9 Å². The molecule has 0 saturated heterocycles. The summed E-state index contributed by atoms with van der Waals surface area (Å²) in [6, 6.07) is 6.62. The number of likely N-dealkylation sites (N-methyl/N-ethyl adjacent to an activating group) is 1. The summed E-state index contributed by atoms with van der Waals surface area (Å²) >= 11 is 0. The first-order valence-corrected chi connectivity index (χ1v) is 12.5. The number of hydrogen-bond acceptors (Lipinski definition) is 5. The van der Waals surface area contributed by atoms with Crippen LogP contribution in [0.15, 0.2) is 24.3 Å². The van der Waals surface area contributed by atoms with Gasteiger partial charge in [-0.3, -0.25) is 9.59 Å². The minimum atomic E-state index is -5.19. The number of hydrogen-bond donors (Lipinski definition) is 2. The number of nitrogens with zero attached hydrogens (tertiary/aromatic N) is 1. The monoisotopic (exact) mass is 534 g/mol. The zero-order valence-electron chi connectivity index (χ0n) is 22.2. The Kier molecular flexibility index (Phi) is 16.3. The third-order valence-corrected chi connectivity index (χ3v) is 5.14. The molecule has 8 nitrogen and oxygen atoms in total. The first-order chi connectivity index (χ1) is 17.2. The van der Waals surface area contributed by atoms with Crippen molar-refractivity contribution in [2.45, 2.75) is 76.9 Å². The van der Waals surface area contributed by atoms with Gasteiger partial charge < -0.3 is 29.5 Å². The minimum absolute atomic E-state index is 0.0962. The molecule has 1 rings (SSSR count). The second-order valence-electron chi connectivity index (χ2n) is 9.87. The Balaban J connectivity index is 0.00000161. The maximum absolute atomic E-state index is 12.5. The Morgan fingerprint density at radius 2 is 1.46 bits per heavy atom. The molecular weight excluding hydrogens is 493 g/mol. The fourth-order valence-corrected chi connectivity index (χ4v) is 3.43. The number of aliphatic carboxylic acids is 2. The Morgan fingerprint density at radius 1 is 0.973 bits per heavy atom. The topological polar surface area (TPSA) is 116 Å². The fourth-order valence-electron chi connectivity index (χ4n) is 3.43. The van der Waals surface area contributed by atoms with E-state index in [-0.39, 0.29) is 12.3 Å². The minimum Gasteiger partial charge on any atom is -0.542 e. The fraction of sp³-hybridized carbons (Fsp3) is 0.654. The molecule has 0 aliphatic heterocycles. The van der Waals surface area contributed by atoms with Crippen molar-refractivity contribution in [3.8, 4) is 5.75 Å². The molecule has 0 spiro atoms. The average Bonchev–Trinajstić information content (AvgIpc) is 2.76. The number of quaternary nitrogens is 1. The van der Waals surface area contributed by atoms with Crippen molar-refractivity contribution in [2.24, 2.45) is 0 Å². The highest BCUT2D eigenvalue weighted by Gasteiger charge is 2.28. The molecule has 0 bridgehead atoms. The van der Waals surface area contributed by atoms with Crippen LogP contribution in [0.1, 0.15) is 75.1 Å². The molecule has 11 heteroatoms. The number of rotatable bonds is 16. The van der Waals surface area contributed by atoms with E-state index in [9.17, 15) is 22.8 Å². The molecule has 212 valence electrons. The van der Waals surface area contributed by atoms with Gasteiger partial charge in [-0.2, -0.15) is 13.2 Å². The van der Waals surface area contributed by atoms with Gasteiger partial charge in [0.25, 0.3) is 5.91 Å². The number of ether oxygens (including phenoxy) is 1. The van der Waals surface area contributed by atoms with Crippen molar-refractivity contribution in [2.75, 3.05) is 34.3 Å². The number of carboxylic acid groups (broad SMARTS) is 2. The van der Waals surface area contributed by atoms with Crippen LogP contribution >= 0.6 is 0 Å². The van der Waals surface area contributed by atoms with Crippen LogP contribution in [-0.2, 0) is 9.59 Å². The molecule has 2 N–H and O–H groups in total. The SMILES string of the molecule is CCCCCCCCCCOc1ccc(C(=O)N[C@H](CC(=O)O)C[N+](C)(C)C)cc1.O=C([O-])C(F)(F)F. The summed E-state index contributed by atoms with van der Waals surface area (Å²) in [4.78, 5) is 32.4. The second kappa shape index (κ2) is 17.6. The molecule has 0 saturated carbocycles. The van der Waals surface area contributed by atoms with E-state index in [2.05, 4.69) is 12.2 Å². The van der Waals surface area contributed by atoms with Gasteiger partial charge in [-0.15, -0.1) is 0 Å². The van der Waals surface area contributed by atoms with Gasteiger partial charge in [0.2, 0.25) is 0 Å². The third-order valence-electron chi connectivity index (χ3n) is 5.14. The number of amides is 1. The Hall–Kier alpha value is -2.82. The maximum Gasteiger partial charge on any atom is 0.430 e. The summed E-state index contributed by atoms with van der Waals surface area (Å²) in [6.45, 7) is 3.46. The standard InChI is InChI=1S/C24H40N2O4.C2HF3O2/c1-5-6-7-8-9-10-11-12-17-30-22-15-13-20(14-16-22)24(29)25-21(18-23(27)28)19-26(2,3)4;3-2(4,5)1(6)7/h13-16,21H,5-12,17-19H2,1-4H3,(H-,25,27,28,29);(H,6,7)/t21-;/m1./s1. The molecule has 0 fully saturated rings. The lowest BCUT2D eigenvalue weighted by Crippen LogP contribution is -2.49. The van der Waals surface area contributed by atoms with Crippen LogP contribution in [0.2, 0.25) is 0 Å². The molecule has 0 heterocycles. The van der Waals surface area contributed by atoms with Gasteiger partial charge in [-0.25, -0.2) is 0 Å². The molecule has 0 aromatic heterocycles. The van der Waals surface area contributed by atoms with Crippen molar-refractivity contribution in [1.29, 1.82) is 0 Å². The Bertz CT molecular complexity index is 808. The lowest BCUT2D eigenvalue weighted by Gasteiger charge is -2.29. The predicted octanol–water partition coefficient (Wildman–Crippen LogP) is 3.78. The molecule has 1 aromatic rings. The third kappa shape index (κ3) is 19.0. The van der Waals surface area contributed by atoms with Gasteiger partial charge in [0.15, 0.2) is 0 Å². The van der Waals surface area contributed by atoms with E-state index < -0.39 is 24.2 Å². The van der Waals surface area contributed by atoms with E-state index in [4.69, 9.17) is 19.7 Å². The quantitative estimate of drug-likeness (QED) is 0.246. The molecular formula is C26H41F3N2O6. The first kappa shape index (κ1) is 34.2. The molecule has 0 radical (unpaired) electrons. The Labute approximate surface area is 217 Å². The highest BCUT2D eigenvalue weighted by Crippen LogP contribution is 2.15. The summed E-state index contributed by atoms with van der Waals surface area (Å²) < 4.78 is 37.9. The molecule has 37 heavy (non-hydrogen) atoms. The number of carbonyl (C=O) groups is 3. The van der Waals surface area contributed by atoms with Crippen LogP contribution < -0.4 is 15.2 Å². The van der Waals surface area contributed by atoms with Crippen LogP contribution in [0, 0.1) is 0 Å². The molecule has 0 aliphatic rings. The zero-order valence-corrected chi connectivity index (χ0v) is 22.2. The summed E-state index contributed by atoms with van der Waals surface area (Å²) in [5, 5.41) is 20.7. The van der Waals surface area contributed by atoms with E-state index in [0.29, 0.717) is 23.2 Å². The lowest BCUT2D eigenvalue weighted by atomic mass is 10.1. The number of halogens is 3. The highest BCUT2D eigenvalue weighted by molar-refractivity contribution is 5.94. The van der Waals surface area contributed by atoms with Gasteiger partial charge >= 0.3 is 12.1 Å². The van der Waals surface area contributed by atoms with E-state index in [0.717, 1.165) is 12.2 Å². The maximum atomic E-state index is 12.5. The van der Waals surface area contributed by atoms with Gasteiger partial charge in [-0.05, 0) is 30.7 Å². The first-order valence-electron chi connectivity index (χ1n) is 12.5. The zero-order chi connectivity index (χ0) is 28.5. The van der Waals surface area contributed by atoms with Crippen LogP contribution in [0.5, 0.6) is 5.75 Å². The largest absolute Gasteiger partial charge is 0.542 e. The lowest BCUT2D eigenvalue weighted by molar-refractivity contribution is -0.871. The molecule has 0 aliphatic carbocycles. The van der Waals surface area contributed by atoms with E-state index in [1.54, 1.807) is 24.3 Å². The summed E-state index contributed by atoms with van der Waals surface area (Å²) in [6.07, 6.45) is 4.81. The molecule has 1 aromatic carbocycles. The van der Waals surface area contributed by atoms with Crippen molar-refractivity contribution >= 4 is 17.8 Å². The molecule has 1 atom stereocenters. The number of carbonyl (C=O) groups excluding carboxylic acids is 2. The van der Waals surface area contributed by atoms with Crippen molar-refractivity contribution < 1.29 is 47.0 Å². The van der Waals surface area contributed by atoms with Crippen LogP contribution in [0.4, 0.5) is 13.2 Å². The molecule has 1 amide bonds. The van der Waals surface area contributed by atoms with E-state index in [1.807, 2.05) is 21.1 Å². The molecule has 0 unspecified atom stereocenters. The van der Waals surface area contributed by atoms with Gasteiger partial charge in [0.1, 0.15) is 11.7 Å². The average molecular weight is 535 g/mol. The summed E-state index contributed by atoms with van der Waals surface area (Å²) in [5.41, 5.74) is 0.506. The van der Waals surface area contributed by atoms with Crippen LogP contribution in [-0.4, -0.2) is 73.9 Å². The van der Waals surface area contributed by atoms with Crippen molar-refractivity contribution in [3.05, 3.63) is 29.8 Å². The van der Waals surface area contributed by atoms with Gasteiger partial charge in [0, 0.05) is 5.56 Å². The number of alkyl halides is 3. The van der Waals surface area contributed by atoms with Crippen LogP contribution in [0.25, 0.3) is 0 Å². The summed E-state index contributed by atoms with van der Waals surface area (Å²) in [5.74, 6) is -3.43. The van der Waals surface area contributed by atoms with Crippen molar-refractivity contribution in [3.63, 3.8) is 0 Å². The van der Waals surface area contributed by atoms with Gasteiger partial charge in [0.05, 0.1) is 46.8 Å². The number of nitrogens with one attached hydrogen (secondary N) is 1. The summed E-state index contributed by atoms with van der Waals surface area (Å²) in [7, 11) is 5.92. The number of carboxylic acids is 2. The smallest absolute Gasteiger partial charge is 0.430 e. The number of unbranched alkanes of at least 4 members (excludes halogenated alkanes) is 7. The van der Waals surface area contributed by atoms with E-state index in [1.165, 1.54) is 44.9 Å². The van der Waals surface area contributed by atoms with Crippen LogP contribution in [0.3, 0.4) is 0 Å². The Morgan fingerprint density at radius 3 is 1.89 bits per heavy atom. The van der Waals surface area contributed by atoms with E-state index >= 15 is 0 Å². The normalized spacial score (nSPS) is 12.2.